The Morgan fingerprint density at radius 3 is 2.79 bits per heavy atom. The fraction of sp³-hybridized carbons (Fsp3) is 0.667. The van der Waals surface area contributed by atoms with Crippen LogP contribution in [0.1, 0.15) is 32.9 Å². The second-order valence-electron chi connectivity index (χ2n) is 4.98. The minimum Gasteiger partial charge on any atom is -0.385 e. The predicted molar refractivity (Wildman–Crippen MR) is 78.3 cm³/mol. The number of rotatable bonds is 10. The Kier molecular flexibility index (Phi) is 8.18. The summed E-state index contributed by atoms with van der Waals surface area (Å²) in [5.74, 6) is 0.572. The van der Waals surface area contributed by atoms with E-state index in [1.165, 1.54) is 0 Å². The highest BCUT2D eigenvalue weighted by molar-refractivity contribution is 5.42. The lowest BCUT2D eigenvalue weighted by atomic mass is 10.2. The van der Waals surface area contributed by atoms with E-state index >= 15 is 0 Å². The van der Waals surface area contributed by atoms with Crippen molar-refractivity contribution in [2.75, 3.05) is 31.7 Å². The molecular formula is C15H26N2O2. The summed E-state index contributed by atoms with van der Waals surface area (Å²) in [5.41, 5.74) is 2.05. The van der Waals surface area contributed by atoms with E-state index in [1.54, 1.807) is 0 Å². The van der Waals surface area contributed by atoms with Gasteiger partial charge in [-0.05, 0) is 24.5 Å². The van der Waals surface area contributed by atoms with Crippen molar-refractivity contribution in [1.29, 1.82) is 0 Å². The van der Waals surface area contributed by atoms with Crippen molar-refractivity contribution in [2.45, 2.75) is 33.8 Å². The first-order valence-electron chi connectivity index (χ1n) is 7.06. The van der Waals surface area contributed by atoms with Crippen molar-refractivity contribution in [1.82, 2.24) is 4.98 Å². The van der Waals surface area contributed by atoms with E-state index in [0.717, 1.165) is 31.0 Å². The molecule has 1 rings (SSSR count). The van der Waals surface area contributed by atoms with E-state index < -0.39 is 0 Å². The van der Waals surface area contributed by atoms with Gasteiger partial charge >= 0.3 is 0 Å². The number of hydrogen-bond donors (Lipinski definition) is 1. The molecule has 0 bridgehead atoms. The van der Waals surface area contributed by atoms with Crippen LogP contribution >= 0.6 is 0 Å². The molecule has 0 aliphatic rings. The quantitative estimate of drug-likeness (QED) is 0.661. The van der Waals surface area contributed by atoms with Crippen LogP contribution in [0.4, 0.5) is 5.69 Å². The molecule has 4 heteroatoms. The fourth-order valence-corrected chi connectivity index (χ4v) is 1.55. The van der Waals surface area contributed by atoms with Crippen LogP contribution in [0.15, 0.2) is 18.3 Å². The van der Waals surface area contributed by atoms with Gasteiger partial charge in [-0.25, -0.2) is 0 Å². The number of anilines is 1. The molecule has 0 aromatic carbocycles. The van der Waals surface area contributed by atoms with Crippen LogP contribution in [-0.4, -0.2) is 31.3 Å². The fourth-order valence-electron chi connectivity index (χ4n) is 1.55. The third kappa shape index (κ3) is 7.80. The van der Waals surface area contributed by atoms with Gasteiger partial charge in [0.1, 0.15) is 0 Å². The summed E-state index contributed by atoms with van der Waals surface area (Å²) in [5, 5.41) is 3.34. The maximum Gasteiger partial charge on any atom is 0.0889 e. The molecule has 0 unspecified atom stereocenters. The van der Waals surface area contributed by atoms with Crippen LogP contribution in [0, 0.1) is 5.92 Å². The van der Waals surface area contributed by atoms with Crippen molar-refractivity contribution in [2.24, 2.45) is 5.92 Å². The van der Waals surface area contributed by atoms with E-state index in [0.29, 0.717) is 25.7 Å². The maximum atomic E-state index is 5.55. The first-order chi connectivity index (χ1) is 9.22. The van der Waals surface area contributed by atoms with E-state index in [2.05, 4.69) is 31.1 Å². The van der Waals surface area contributed by atoms with E-state index in [1.807, 2.05) is 18.3 Å². The Morgan fingerprint density at radius 1 is 1.26 bits per heavy atom. The van der Waals surface area contributed by atoms with Gasteiger partial charge in [-0.15, -0.1) is 0 Å². The van der Waals surface area contributed by atoms with Crippen molar-refractivity contribution in [3.63, 3.8) is 0 Å². The molecule has 1 aromatic rings. The molecule has 108 valence electrons. The van der Waals surface area contributed by atoms with Crippen molar-refractivity contribution in [3.8, 4) is 0 Å². The predicted octanol–water partition coefficient (Wildman–Crippen LogP) is 3.09. The Hall–Kier alpha value is -1.13. The summed E-state index contributed by atoms with van der Waals surface area (Å²) in [6.45, 7) is 9.99. The first kappa shape index (κ1) is 15.9. The van der Waals surface area contributed by atoms with Gasteiger partial charge in [-0.1, -0.05) is 20.8 Å². The highest BCUT2D eigenvalue weighted by Gasteiger charge is 1.98. The molecule has 1 aromatic heterocycles. The van der Waals surface area contributed by atoms with Gasteiger partial charge in [-0.2, -0.15) is 0 Å². The highest BCUT2D eigenvalue weighted by atomic mass is 16.5. The van der Waals surface area contributed by atoms with Gasteiger partial charge in [0.2, 0.25) is 0 Å². The highest BCUT2D eigenvalue weighted by Crippen LogP contribution is 2.08. The average molecular weight is 266 g/mol. The topological polar surface area (TPSA) is 43.4 Å². The summed E-state index contributed by atoms with van der Waals surface area (Å²) >= 11 is 0. The number of nitrogens with zero attached hydrogens (tertiary/aromatic N) is 1. The molecule has 0 saturated carbocycles. The zero-order chi connectivity index (χ0) is 13.9. The molecule has 1 N–H and O–H groups in total. The number of ether oxygens (including phenoxy) is 2. The molecular weight excluding hydrogens is 240 g/mol. The molecule has 1 heterocycles. The summed E-state index contributed by atoms with van der Waals surface area (Å²) in [6.07, 6.45) is 2.92. The smallest absolute Gasteiger partial charge is 0.0889 e. The SMILES string of the molecule is CCCNc1ccnc(COCCOCC(C)C)c1. The van der Waals surface area contributed by atoms with Crippen LogP contribution in [0.3, 0.4) is 0 Å². The third-order valence-corrected chi connectivity index (χ3v) is 2.47. The molecule has 0 radical (unpaired) electrons. The van der Waals surface area contributed by atoms with Gasteiger partial charge in [0, 0.05) is 25.0 Å². The summed E-state index contributed by atoms with van der Waals surface area (Å²) in [6, 6.07) is 4.01. The second-order valence-corrected chi connectivity index (χ2v) is 4.98. The lowest BCUT2D eigenvalue weighted by Crippen LogP contribution is -2.09. The molecule has 0 aliphatic carbocycles. The summed E-state index contributed by atoms with van der Waals surface area (Å²) < 4.78 is 11.0. The molecule has 4 nitrogen and oxygen atoms in total. The molecule has 0 fully saturated rings. The van der Waals surface area contributed by atoms with Crippen molar-refractivity contribution >= 4 is 5.69 Å². The number of pyridine rings is 1. The van der Waals surface area contributed by atoms with Gasteiger partial charge in [0.25, 0.3) is 0 Å². The molecule has 0 saturated heterocycles. The average Bonchev–Trinajstić information content (AvgIpc) is 2.40. The third-order valence-electron chi connectivity index (χ3n) is 2.47. The normalized spacial score (nSPS) is 10.9. The van der Waals surface area contributed by atoms with E-state index in [9.17, 15) is 0 Å². The number of nitrogens with one attached hydrogen (secondary N) is 1. The van der Waals surface area contributed by atoms with Crippen molar-refractivity contribution < 1.29 is 9.47 Å². The minimum absolute atomic E-state index is 0.534. The first-order valence-corrected chi connectivity index (χ1v) is 7.06. The van der Waals surface area contributed by atoms with Gasteiger partial charge in [0.05, 0.1) is 25.5 Å². The van der Waals surface area contributed by atoms with Crippen LogP contribution in [0.2, 0.25) is 0 Å². The molecule has 0 aliphatic heterocycles. The van der Waals surface area contributed by atoms with Crippen LogP contribution in [0.5, 0.6) is 0 Å². The van der Waals surface area contributed by atoms with Gasteiger partial charge < -0.3 is 14.8 Å². The minimum atomic E-state index is 0.534. The molecule has 0 spiro atoms. The summed E-state index contributed by atoms with van der Waals surface area (Å²) in [4.78, 5) is 4.29. The Labute approximate surface area is 116 Å². The summed E-state index contributed by atoms with van der Waals surface area (Å²) in [7, 11) is 0. The van der Waals surface area contributed by atoms with Crippen molar-refractivity contribution in [3.05, 3.63) is 24.0 Å². The van der Waals surface area contributed by atoms with E-state index in [-0.39, 0.29) is 0 Å². The largest absolute Gasteiger partial charge is 0.385 e. The van der Waals surface area contributed by atoms with Crippen LogP contribution in [0.25, 0.3) is 0 Å². The Morgan fingerprint density at radius 2 is 2.05 bits per heavy atom. The number of hydrogen-bond acceptors (Lipinski definition) is 4. The van der Waals surface area contributed by atoms with Gasteiger partial charge in [0.15, 0.2) is 0 Å². The van der Waals surface area contributed by atoms with Crippen LogP contribution in [-0.2, 0) is 16.1 Å². The second kappa shape index (κ2) is 9.75. The monoisotopic (exact) mass is 266 g/mol. The zero-order valence-electron chi connectivity index (χ0n) is 12.3. The zero-order valence-corrected chi connectivity index (χ0v) is 12.3. The molecule has 19 heavy (non-hydrogen) atoms. The van der Waals surface area contributed by atoms with E-state index in [4.69, 9.17) is 9.47 Å². The maximum absolute atomic E-state index is 5.55. The van der Waals surface area contributed by atoms with Crippen LogP contribution < -0.4 is 5.32 Å². The Balaban J connectivity index is 2.18. The lowest BCUT2D eigenvalue weighted by molar-refractivity contribution is 0.0305. The Bertz CT molecular complexity index is 343. The lowest BCUT2D eigenvalue weighted by Gasteiger charge is -2.09. The standard InChI is InChI=1S/C15H26N2O2/c1-4-6-16-14-5-7-17-15(10-14)12-19-9-8-18-11-13(2)3/h5,7,10,13H,4,6,8-9,11-12H2,1-3H3,(H,16,17). The van der Waals surface area contributed by atoms with Gasteiger partial charge in [-0.3, -0.25) is 4.98 Å². The molecule has 0 amide bonds. The molecule has 0 atom stereocenters. The number of aromatic nitrogens is 1.